The second-order valence-corrected chi connectivity index (χ2v) is 7.24. The maximum atomic E-state index is 12.6. The number of rotatable bonds is 11. The van der Waals surface area contributed by atoms with Crippen LogP contribution in [0.4, 0.5) is 0 Å². The fourth-order valence-electron chi connectivity index (χ4n) is 3.56. The molecule has 0 spiro atoms. The van der Waals surface area contributed by atoms with Gasteiger partial charge in [-0.05, 0) is 51.5 Å². The summed E-state index contributed by atoms with van der Waals surface area (Å²) in [7, 11) is 3.17. The number of ether oxygens (including phenoxy) is 4. The summed E-state index contributed by atoms with van der Waals surface area (Å²) in [6.07, 6.45) is 3.85. The van der Waals surface area contributed by atoms with E-state index in [9.17, 15) is 9.59 Å². The van der Waals surface area contributed by atoms with E-state index in [0.717, 1.165) is 17.0 Å². The quantitative estimate of drug-likeness (QED) is 0.394. The third-order valence-electron chi connectivity index (χ3n) is 4.89. The summed E-state index contributed by atoms with van der Waals surface area (Å²) in [6, 6.07) is 7.29. The van der Waals surface area contributed by atoms with Gasteiger partial charge in [0.1, 0.15) is 0 Å². The molecule has 0 unspecified atom stereocenters. The Balaban J connectivity index is 1.95. The molecule has 2 rings (SSSR count). The van der Waals surface area contributed by atoms with Crippen LogP contribution in [-0.2, 0) is 14.3 Å². The fraction of sp³-hybridized carbons (Fsp3) is 0.417. The standard InChI is InChI=1S/C24H31NO6/c1-7-8-19-9-10-22(23(12-19)29-6)30-15-24(27)31-14-21(26)20-11-16(2)25(18(20)4)17(3)13-28-5/h7-12,17H,13-15H2,1-6H3/b8-7+/t17-/m1/s1. The lowest BCUT2D eigenvalue weighted by atomic mass is 10.1. The van der Waals surface area contributed by atoms with Crippen LogP contribution in [0.1, 0.15) is 47.2 Å². The molecular formula is C24H31NO6. The highest BCUT2D eigenvalue weighted by atomic mass is 16.6. The van der Waals surface area contributed by atoms with Crippen molar-refractivity contribution in [2.75, 3.05) is 34.0 Å². The maximum absolute atomic E-state index is 12.6. The Bertz CT molecular complexity index is 944. The van der Waals surface area contributed by atoms with Crippen molar-refractivity contribution < 1.29 is 28.5 Å². The number of aromatic nitrogens is 1. The van der Waals surface area contributed by atoms with Gasteiger partial charge in [-0.15, -0.1) is 0 Å². The van der Waals surface area contributed by atoms with E-state index in [2.05, 4.69) is 0 Å². The number of Topliss-reactive ketones (excluding diaryl/α,β-unsaturated/α-hetero) is 1. The van der Waals surface area contributed by atoms with Crippen LogP contribution >= 0.6 is 0 Å². The van der Waals surface area contributed by atoms with Crippen LogP contribution < -0.4 is 9.47 Å². The Kier molecular flexibility index (Phi) is 8.88. The summed E-state index contributed by atoms with van der Waals surface area (Å²) in [5.74, 6) is 0.0481. The van der Waals surface area contributed by atoms with E-state index >= 15 is 0 Å². The second kappa shape index (κ2) is 11.4. The number of carbonyl (C=O) groups is 2. The number of esters is 1. The van der Waals surface area contributed by atoms with Gasteiger partial charge in [0, 0.05) is 24.1 Å². The van der Waals surface area contributed by atoms with Gasteiger partial charge in [-0.25, -0.2) is 4.79 Å². The van der Waals surface area contributed by atoms with Crippen LogP contribution in [0.25, 0.3) is 6.08 Å². The van der Waals surface area contributed by atoms with Crippen molar-refractivity contribution in [2.45, 2.75) is 33.7 Å². The minimum absolute atomic E-state index is 0.0942. The Morgan fingerprint density at radius 1 is 1.10 bits per heavy atom. The Labute approximate surface area is 183 Å². The molecule has 0 amide bonds. The Morgan fingerprint density at radius 3 is 2.48 bits per heavy atom. The molecule has 31 heavy (non-hydrogen) atoms. The second-order valence-electron chi connectivity index (χ2n) is 7.24. The number of allylic oxidation sites excluding steroid dienone is 1. The lowest BCUT2D eigenvalue weighted by molar-refractivity contribution is -0.144. The third-order valence-corrected chi connectivity index (χ3v) is 4.89. The van der Waals surface area contributed by atoms with Crippen molar-refractivity contribution in [3.05, 3.63) is 52.9 Å². The fourth-order valence-corrected chi connectivity index (χ4v) is 3.56. The predicted octanol–water partition coefficient (Wildman–Crippen LogP) is 4.16. The molecule has 7 nitrogen and oxygen atoms in total. The summed E-state index contributed by atoms with van der Waals surface area (Å²) in [5.41, 5.74) is 3.27. The van der Waals surface area contributed by atoms with E-state index in [0.29, 0.717) is 23.7 Å². The minimum Gasteiger partial charge on any atom is -0.493 e. The molecule has 1 aromatic heterocycles. The molecule has 1 heterocycles. The van der Waals surface area contributed by atoms with Crippen molar-refractivity contribution in [2.24, 2.45) is 0 Å². The van der Waals surface area contributed by atoms with E-state index in [1.165, 1.54) is 7.11 Å². The first-order valence-electron chi connectivity index (χ1n) is 10.1. The van der Waals surface area contributed by atoms with Crippen molar-refractivity contribution in [1.29, 1.82) is 0 Å². The molecule has 0 saturated heterocycles. The number of carbonyl (C=O) groups excluding carboxylic acids is 2. The molecular weight excluding hydrogens is 398 g/mol. The van der Waals surface area contributed by atoms with Gasteiger partial charge in [-0.3, -0.25) is 4.79 Å². The van der Waals surface area contributed by atoms with Gasteiger partial charge >= 0.3 is 5.97 Å². The van der Waals surface area contributed by atoms with E-state index in [1.807, 2.05) is 62.6 Å². The van der Waals surface area contributed by atoms with Crippen molar-refractivity contribution in [3.8, 4) is 11.5 Å². The van der Waals surface area contributed by atoms with Gasteiger partial charge in [0.05, 0.1) is 19.8 Å². The highest BCUT2D eigenvalue weighted by Crippen LogP contribution is 2.28. The van der Waals surface area contributed by atoms with Crippen LogP contribution in [0.2, 0.25) is 0 Å². The largest absolute Gasteiger partial charge is 0.493 e. The summed E-state index contributed by atoms with van der Waals surface area (Å²) in [5, 5.41) is 0. The van der Waals surface area contributed by atoms with Gasteiger partial charge in [0.25, 0.3) is 0 Å². The number of methoxy groups -OCH3 is 2. The summed E-state index contributed by atoms with van der Waals surface area (Å²) in [6.45, 7) is 7.63. The molecule has 0 saturated carbocycles. The van der Waals surface area contributed by atoms with Crippen LogP contribution in [0.5, 0.6) is 11.5 Å². The van der Waals surface area contributed by atoms with Crippen molar-refractivity contribution in [1.82, 2.24) is 4.57 Å². The molecule has 7 heteroatoms. The van der Waals surface area contributed by atoms with E-state index in [4.69, 9.17) is 18.9 Å². The molecule has 0 N–H and O–H groups in total. The first-order valence-corrected chi connectivity index (χ1v) is 10.1. The summed E-state index contributed by atoms with van der Waals surface area (Å²) in [4.78, 5) is 24.7. The SMILES string of the molecule is C/C=C/c1ccc(OCC(=O)OCC(=O)c2cc(C)n([C@H](C)COC)c2C)c(OC)c1. The van der Waals surface area contributed by atoms with E-state index in [-0.39, 0.29) is 25.0 Å². The van der Waals surface area contributed by atoms with Gasteiger partial charge in [0.2, 0.25) is 5.78 Å². The predicted molar refractivity (Wildman–Crippen MR) is 119 cm³/mol. The molecule has 0 aliphatic carbocycles. The lowest BCUT2D eigenvalue weighted by Gasteiger charge is -2.17. The number of benzene rings is 1. The topological polar surface area (TPSA) is 76.0 Å². The number of hydrogen-bond donors (Lipinski definition) is 0. The monoisotopic (exact) mass is 429 g/mol. The Morgan fingerprint density at radius 2 is 1.84 bits per heavy atom. The lowest BCUT2D eigenvalue weighted by Crippen LogP contribution is -2.20. The molecule has 2 aromatic rings. The van der Waals surface area contributed by atoms with Crippen LogP contribution in [0.15, 0.2) is 30.3 Å². The molecule has 0 radical (unpaired) electrons. The molecule has 0 aliphatic heterocycles. The number of ketones is 1. The van der Waals surface area contributed by atoms with Crippen LogP contribution in [0.3, 0.4) is 0 Å². The average Bonchev–Trinajstić information content (AvgIpc) is 3.05. The summed E-state index contributed by atoms with van der Waals surface area (Å²) >= 11 is 0. The zero-order chi connectivity index (χ0) is 23.0. The highest BCUT2D eigenvalue weighted by molar-refractivity contribution is 5.99. The first kappa shape index (κ1) is 24.2. The van der Waals surface area contributed by atoms with E-state index in [1.54, 1.807) is 13.2 Å². The Hall–Kier alpha value is -3.06. The normalized spacial score (nSPS) is 12.1. The zero-order valence-corrected chi connectivity index (χ0v) is 19.1. The summed E-state index contributed by atoms with van der Waals surface area (Å²) < 4.78 is 23.2. The van der Waals surface area contributed by atoms with Gasteiger partial charge in [-0.2, -0.15) is 0 Å². The number of hydrogen-bond acceptors (Lipinski definition) is 6. The number of nitrogens with zero attached hydrogens (tertiary/aromatic N) is 1. The highest BCUT2D eigenvalue weighted by Gasteiger charge is 2.20. The molecule has 168 valence electrons. The third kappa shape index (κ3) is 6.21. The smallest absolute Gasteiger partial charge is 0.344 e. The number of aryl methyl sites for hydroxylation is 1. The van der Waals surface area contributed by atoms with E-state index < -0.39 is 5.97 Å². The van der Waals surface area contributed by atoms with Crippen LogP contribution in [-0.4, -0.2) is 50.4 Å². The van der Waals surface area contributed by atoms with Crippen LogP contribution in [0, 0.1) is 13.8 Å². The first-order chi connectivity index (χ1) is 14.8. The average molecular weight is 430 g/mol. The molecule has 1 aromatic carbocycles. The maximum Gasteiger partial charge on any atom is 0.344 e. The molecule has 1 atom stereocenters. The molecule has 0 bridgehead atoms. The van der Waals surface area contributed by atoms with Gasteiger partial charge in [-0.1, -0.05) is 18.2 Å². The minimum atomic E-state index is -0.630. The zero-order valence-electron chi connectivity index (χ0n) is 19.1. The van der Waals surface area contributed by atoms with Gasteiger partial charge in [0.15, 0.2) is 24.7 Å². The van der Waals surface area contributed by atoms with Crippen molar-refractivity contribution >= 4 is 17.8 Å². The molecule has 0 aliphatic rings. The van der Waals surface area contributed by atoms with Gasteiger partial charge < -0.3 is 23.5 Å². The molecule has 0 fully saturated rings. The van der Waals surface area contributed by atoms with Crippen molar-refractivity contribution in [3.63, 3.8) is 0 Å².